The highest BCUT2D eigenvalue weighted by atomic mass is 16.3. The Morgan fingerprint density at radius 2 is 1.72 bits per heavy atom. The fourth-order valence-corrected chi connectivity index (χ4v) is 3.25. The number of aryl methyl sites for hydroxylation is 1. The molecule has 0 saturated carbocycles. The van der Waals surface area contributed by atoms with Crippen LogP contribution in [-0.4, -0.2) is 5.11 Å². The van der Waals surface area contributed by atoms with Gasteiger partial charge in [0.05, 0.1) is 6.10 Å². The largest absolute Gasteiger partial charge is 0.387 e. The lowest BCUT2D eigenvalue weighted by molar-refractivity contribution is 0.105. The van der Waals surface area contributed by atoms with Crippen molar-refractivity contribution >= 4 is 0 Å². The molecule has 2 aromatic carbocycles. The van der Waals surface area contributed by atoms with Crippen LogP contribution < -0.4 is 0 Å². The van der Waals surface area contributed by atoms with Gasteiger partial charge in [0.1, 0.15) is 0 Å². The first kappa shape index (κ1) is 11.5. The van der Waals surface area contributed by atoms with Crippen LogP contribution in [0.5, 0.6) is 0 Å². The van der Waals surface area contributed by atoms with Gasteiger partial charge in [-0.25, -0.2) is 0 Å². The maximum Gasteiger partial charge on any atom is 0.0889 e. The van der Waals surface area contributed by atoms with E-state index < -0.39 is 6.10 Å². The van der Waals surface area contributed by atoms with Gasteiger partial charge in [-0.3, -0.25) is 0 Å². The SMILES string of the molecule is Cc1ccccc1[C@@]1(C)Cc2ccccc2[C@@H]1O. The van der Waals surface area contributed by atoms with E-state index in [2.05, 4.69) is 50.2 Å². The Labute approximate surface area is 108 Å². The van der Waals surface area contributed by atoms with E-state index >= 15 is 0 Å². The molecule has 0 radical (unpaired) electrons. The summed E-state index contributed by atoms with van der Waals surface area (Å²) in [5.41, 5.74) is 4.68. The summed E-state index contributed by atoms with van der Waals surface area (Å²) in [5, 5.41) is 10.7. The molecule has 0 saturated heterocycles. The molecule has 1 N–H and O–H groups in total. The quantitative estimate of drug-likeness (QED) is 0.805. The maximum absolute atomic E-state index is 10.7. The number of fused-ring (bicyclic) bond motifs is 1. The zero-order valence-corrected chi connectivity index (χ0v) is 10.9. The van der Waals surface area contributed by atoms with Gasteiger partial charge in [0.2, 0.25) is 0 Å². The van der Waals surface area contributed by atoms with Crippen molar-refractivity contribution in [3.63, 3.8) is 0 Å². The Morgan fingerprint density at radius 3 is 2.44 bits per heavy atom. The molecular weight excluding hydrogens is 220 g/mol. The van der Waals surface area contributed by atoms with Crippen LogP contribution in [0.3, 0.4) is 0 Å². The normalized spacial score (nSPS) is 26.1. The van der Waals surface area contributed by atoms with Gasteiger partial charge >= 0.3 is 0 Å². The molecule has 3 rings (SSSR count). The first-order valence-corrected chi connectivity index (χ1v) is 6.45. The fraction of sp³-hybridized carbons (Fsp3) is 0.294. The minimum absolute atomic E-state index is 0.199. The minimum Gasteiger partial charge on any atom is -0.387 e. The van der Waals surface area contributed by atoms with Crippen molar-refractivity contribution in [3.8, 4) is 0 Å². The van der Waals surface area contributed by atoms with E-state index in [1.54, 1.807) is 0 Å². The van der Waals surface area contributed by atoms with Crippen LogP contribution >= 0.6 is 0 Å². The Bertz CT molecular complexity index is 588. The minimum atomic E-state index is -0.408. The zero-order chi connectivity index (χ0) is 12.8. The third kappa shape index (κ3) is 1.51. The van der Waals surface area contributed by atoms with E-state index in [-0.39, 0.29) is 5.41 Å². The first-order chi connectivity index (χ1) is 8.63. The van der Waals surface area contributed by atoms with Crippen molar-refractivity contribution in [1.82, 2.24) is 0 Å². The molecule has 0 spiro atoms. The molecule has 0 aliphatic heterocycles. The summed E-state index contributed by atoms with van der Waals surface area (Å²) >= 11 is 0. The molecule has 92 valence electrons. The number of rotatable bonds is 1. The van der Waals surface area contributed by atoms with Crippen molar-refractivity contribution in [1.29, 1.82) is 0 Å². The smallest absolute Gasteiger partial charge is 0.0889 e. The zero-order valence-electron chi connectivity index (χ0n) is 10.9. The molecule has 1 aliphatic rings. The molecule has 0 bridgehead atoms. The summed E-state index contributed by atoms with van der Waals surface area (Å²) in [7, 11) is 0. The Morgan fingerprint density at radius 1 is 1.06 bits per heavy atom. The Balaban J connectivity index is 2.12. The van der Waals surface area contributed by atoms with Gasteiger partial charge in [-0.2, -0.15) is 0 Å². The summed E-state index contributed by atoms with van der Waals surface area (Å²) in [6, 6.07) is 16.6. The third-order valence-electron chi connectivity index (χ3n) is 4.27. The molecule has 0 amide bonds. The molecule has 2 atom stereocenters. The molecular formula is C17H18O. The number of benzene rings is 2. The summed E-state index contributed by atoms with van der Waals surface area (Å²) in [5.74, 6) is 0. The van der Waals surface area contributed by atoms with Gasteiger partial charge in [0.25, 0.3) is 0 Å². The average molecular weight is 238 g/mol. The second-order valence-electron chi connectivity index (χ2n) is 5.51. The van der Waals surface area contributed by atoms with Gasteiger partial charge in [0, 0.05) is 5.41 Å². The summed E-state index contributed by atoms with van der Waals surface area (Å²) < 4.78 is 0. The predicted molar refractivity (Wildman–Crippen MR) is 73.6 cm³/mol. The summed E-state index contributed by atoms with van der Waals surface area (Å²) in [6.07, 6.45) is 0.504. The molecule has 18 heavy (non-hydrogen) atoms. The highest BCUT2D eigenvalue weighted by Crippen LogP contribution is 2.47. The number of hydrogen-bond acceptors (Lipinski definition) is 1. The summed E-state index contributed by atoms with van der Waals surface area (Å²) in [6.45, 7) is 4.29. The van der Waals surface area contributed by atoms with Gasteiger partial charge in [-0.05, 0) is 35.6 Å². The second-order valence-corrected chi connectivity index (χ2v) is 5.51. The van der Waals surface area contributed by atoms with E-state index in [1.807, 2.05) is 12.1 Å². The van der Waals surface area contributed by atoms with Crippen molar-refractivity contribution in [2.75, 3.05) is 0 Å². The molecule has 0 aromatic heterocycles. The van der Waals surface area contributed by atoms with E-state index in [0.29, 0.717) is 0 Å². The molecule has 1 heteroatoms. The number of aliphatic hydroxyl groups is 1. The lowest BCUT2D eigenvalue weighted by Crippen LogP contribution is -2.28. The van der Waals surface area contributed by atoms with Crippen LogP contribution in [0.2, 0.25) is 0 Å². The molecule has 0 unspecified atom stereocenters. The highest BCUT2D eigenvalue weighted by molar-refractivity contribution is 5.46. The average Bonchev–Trinajstić information content (AvgIpc) is 2.64. The van der Waals surface area contributed by atoms with E-state index in [9.17, 15) is 5.11 Å². The highest BCUT2D eigenvalue weighted by Gasteiger charge is 2.43. The molecule has 2 aromatic rings. The van der Waals surface area contributed by atoms with Crippen LogP contribution in [0.15, 0.2) is 48.5 Å². The van der Waals surface area contributed by atoms with E-state index in [1.165, 1.54) is 16.7 Å². The molecule has 0 heterocycles. The van der Waals surface area contributed by atoms with Crippen molar-refractivity contribution in [2.24, 2.45) is 0 Å². The standard InChI is InChI=1S/C17H18O/c1-12-7-3-6-10-15(12)17(2)11-13-8-4-5-9-14(13)16(17)18/h3-10,16,18H,11H2,1-2H3/t16-,17+/m0/s1. The third-order valence-corrected chi connectivity index (χ3v) is 4.27. The first-order valence-electron chi connectivity index (χ1n) is 6.45. The van der Waals surface area contributed by atoms with Crippen LogP contribution in [0.1, 0.15) is 35.3 Å². The van der Waals surface area contributed by atoms with Crippen LogP contribution in [0.25, 0.3) is 0 Å². The van der Waals surface area contributed by atoms with Crippen LogP contribution in [-0.2, 0) is 11.8 Å². The number of aliphatic hydroxyl groups excluding tert-OH is 1. The Hall–Kier alpha value is -1.60. The van der Waals surface area contributed by atoms with Gasteiger partial charge in [-0.1, -0.05) is 55.5 Å². The molecule has 0 fully saturated rings. The van der Waals surface area contributed by atoms with Crippen molar-refractivity contribution in [3.05, 3.63) is 70.8 Å². The topological polar surface area (TPSA) is 20.2 Å². The fourth-order valence-electron chi connectivity index (χ4n) is 3.25. The van der Waals surface area contributed by atoms with Gasteiger partial charge in [-0.15, -0.1) is 0 Å². The van der Waals surface area contributed by atoms with Crippen LogP contribution in [0, 0.1) is 6.92 Å². The van der Waals surface area contributed by atoms with Crippen LogP contribution in [0.4, 0.5) is 0 Å². The van der Waals surface area contributed by atoms with Gasteiger partial charge < -0.3 is 5.11 Å². The van der Waals surface area contributed by atoms with Crippen molar-refractivity contribution < 1.29 is 5.11 Å². The van der Waals surface area contributed by atoms with Gasteiger partial charge in [0.15, 0.2) is 0 Å². The second kappa shape index (κ2) is 3.96. The Kier molecular flexibility index (Phi) is 2.53. The molecule has 1 nitrogen and oxygen atoms in total. The molecule has 1 aliphatic carbocycles. The lowest BCUT2D eigenvalue weighted by atomic mass is 9.76. The summed E-state index contributed by atoms with van der Waals surface area (Å²) in [4.78, 5) is 0. The maximum atomic E-state index is 10.7. The van der Waals surface area contributed by atoms with E-state index in [4.69, 9.17) is 0 Å². The number of hydrogen-bond donors (Lipinski definition) is 1. The monoisotopic (exact) mass is 238 g/mol. The predicted octanol–water partition coefficient (Wildman–Crippen LogP) is 3.54. The van der Waals surface area contributed by atoms with Crippen molar-refractivity contribution in [2.45, 2.75) is 31.8 Å². The van der Waals surface area contributed by atoms with E-state index in [0.717, 1.165) is 12.0 Å². The lowest BCUT2D eigenvalue weighted by Gasteiger charge is -2.30.